The first-order valence-corrected chi connectivity index (χ1v) is 4.45. The first-order valence-electron chi connectivity index (χ1n) is 4.45. The van der Waals surface area contributed by atoms with Crippen molar-refractivity contribution in [3.63, 3.8) is 0 Å². The predicted molar refractivity (Wildman–Crippen MR) is 50.8 cm³/mol. The van der Waals surface area contributed by atoms with Crippen LogP contribution in [0.15, 0.2) is 4.99 Å². The molecule has 0 aromatic rings. The quantitative estimate of drug-likeness (QED) is 0.534. The zero-order chi connectivity index (χ0) is 6.86. The van der Waals surface area contributed by atoms with E-state index in [9.17, 15) is 0 Å². The molecule has 0 saturated heterocycles. The highest BCUT2D eigenvalue weighted by molar-refractivity contribution is 5.85. The number of rotatable bonds is 0. The zero-order valence-corrected chi connectivity index (χ0v) is 7.70. The Labute approximate surface area is 74.7 Å². The van der Waals surface area contributed by atoms with Crippen LogP contribution in [0.1, 0.15) is 44.9 Å². The number of hydrogen-bond acceptors (Lipinski definition) is 1. The van der Waals surface area contributed by atoms with Crippen molar-refractivity contribution < 1.29 is 0 Å². The Morgan fingerprint density at radius 1 is 1.00 bits per heavy atom. The second kappa shape index (κ2) is 3.57. The van der Waals surface area contributed by atoms with Crippen LogP contribution in [0.25, 0.3) is 0 Å². The Bertz CT molecular complexity index is 148. The van der Waals surface area contributed by atoms with Crippen LogP contribution in [0.4, 0.5) is 0 Å². The number of halogens is 1. The van der Waals surface area contributed by atoms with Crippen molar-refractivity contribution in [2.75, 3.05) is 0 Å². The fourth-order valence-electron chi connectivity index (χ4n) is 2.24. The summed E-state index contributed by atoms with van der Waals surface area (Å²) in [5, 5.41) is 0. The topological polar surface area (TPSA) is 12.4 Å². The van der Waals surface area contributed by atoms with Crippen molar-refractivity contribution >= 4 is 18.6 Å². The van der Waals surface area contributed by atoms with Gasteiger partial charge in [-0.1, -0.05) is 19.3 Å². The van der Waals surface area contributed by atoms with E-state index in [0.717, 1.165) is 0 Å². The van der Waals surface area contributed by atoms with E-state index in [1.807, 2.05) is 0 Å². The van der Waals surface area contributed by atoms with Gasteiger partial charge < -0.3 is 0 Å². The van der Waals surface area contributed by atoms with Crippen LogP contribution in [-0.4, -0.2) is 11.8 Å². The van der Waals surface area contributed by atoms with Gasteiger partial charge in [-0.05, 0) is 31.9 Å². The molecular weight excluding hydrogens is 158 g/mol. The molecule has 1 fully saturated rings. The van der Waals surface area contributed by atoms with Crippen molar-refractivity contribution in [2.24, 2.45) is 4.99 Å². The van der Waals surface area contributed by atoms with E-state index >= 15 is 0 Å². The molecular formula is C9H16ClN. The minimum atomic E-state index is 0. The molecule has 1 heterocycles. The number of hydrogen-bond donors (Lipinski definition) is 0. The molecule has 0 bridgehead atoms. The van der Waals surface area contributed by atoms with Gasteiger partial charge in [0.2, 0.25) is 0 Å². The summed E-state index contributed by atoms with van der Waals surface area (Å²) < 4.78 is 0. The van der Waals surface area contributed by atoms with Crippen LogP contribution in [0.3, 0.4) is 0 Å². The Balaban J connectivity index is 0.000000605. The minimum absolute atomic E-state index is 0. The van der Waals surface area contributed by atoms with Crippen LogP contribution in [0, 0.1) is 0 Å². The summed E-state index contributed by atoms with van der Waals surface area (Å²) in [5.74, 6) is 0. The molecule has 2 heteroatoms. The third-order valence-electron chi connectivity index (χ3n) is 2.89. The van der Waals surface area contributed by atoms with Gasteiger partial charge in [0.15, 0.2) is 0 Å². The summed E-state index contributed by atoms with van der Waals surface area (Å²) in [6, 6.07) is 0. The van der Waals surface area contributed by atoms with E-state index in [2.05, 4.69) is 11.2 Å². The average Bonchev–Trinajstić information content (AvgIpc) is 2.39. The molecule has 0 atom stereocenters. The SMILES string of the molecule is C1=NC2(CC1)CCCCC2.Cl. The molecule has 1 nitrogen and oxygen atoms in total. The molecule has 0 radical (unpaired) electrons. The summed E-state index contributed by atoms with van der Waals surface area (Å²) in [5.41, 5.74) is 0.443. The highest BCUT2D eigenvalue weighted by Crippen LogP contribution is 2.37. The number of nitrogens with zero attached hydrogens (tertiary/aromatic N) is 1. The van der Waals surface area contributed by atoms with Gasteiger partial charge in [-0.15, -0.1) is 12.4 Å². The van der Waals surface area contributed by atoms with Crippen LogP contribution < -0.4 is 0 Å². The standard InChI is InChI=1S/C9H15N.ClH/c1-2-5-9(6-3-1)7-4-8-10-9;/h8H,1-7H2;1H. The fraction of sp³-hybridized carbons (Fsp3) is 0.889. The predicted octanol–water partition coefficient (Wildman–Crippen LogP) is 2.98. The molecule has 0 aromatic carbocycles. The highest BCUT2D eigenvalue weighted by Gasteiger charge is 2.32. The van der Waals surface area contributed by atoms with Crippen molar-refractivity contribution in [2.45, 2.75) is 50.5 Å². The van der Waals surface area contributed by atoms with Gasteiger partial charge in [-0.2, -0.15) is 0 Å². The molecule has 2 aliphatic rings. The zero-order valence-electron chi connectivity index (χ0n) is 6.88. The highest BCUT2D eigenvalue weighted by atomic mass is 35.5. The van der Waals surface area contributed by atoms with Crippen LogP contribution in [-0.2, 0) is 0 Å². The van der Waals surface area contributed by atoms with E-state index < -0.39 is 0 Å². The third kappa shape index (κ3) is 1.76. The van der Waals surface area contributed by atoms with Gasteiger partial charge in [-0.3, -0.25) is 4.99 Å². The Morgan fingerprint density at radius 2 is 1.73 bits per heavy atom. The van der Waals surface area contributed by atoms with Crippen molar-refractivity contribution in [1.82, 2.24) is 0 Å². The van der Waals surface area contributed by atoms with Crippen LogP contribution >= 0.6 is 12.4 Å². The minimum Gasteiger partial charge on any atom is -0.291 e. The van der Waals surface area contributed by atoms with Gasteiger partial charge >= 0.3 is 0 Å². The van der Waals surface area contributed by atoms with Gasteiger partial charge in [-0.25, -0.2) is 0 Å². The summed E-state index contributed by atoms with van der Waals surface area (Å²) in [6.45, 7) is 0. The first kappa shape index (κ1) is 9.05. The Morgan fingerprint density at radius 3 is 2.27 bits per heavy atom. The molecule has 11 heavy (non-hydrogen) atoms. The lowest BCUT2D eigenvalue weighted by Crippen LogP contribution is -2.26. The first-order chi connectivity index (χ1) is 4.91. The van der Waals surface area contributed by atoms with E-state index in [1.54, 1.807) is 0 Å². The summed E-state index contributed by atoms with van der Waals surface area (Å²) in [7, 11) is 0. The summed E-state index contributed by atoms with van der Waals surface area (Å²) in [4.78, 5) is 4.60. The lowest BCUT2D eigenvalue weighted by atomic mass is 9.81. The van der Waals surface area contributed by atoms with Gasteiger partial charge in [0.1, 0.15) is 0 Å². The van der Waals surface area contributed by atoms with Gasteiger partial charge in [0, 0.05) is 0 Å². The normalized spacial score (nSPS) is 26.9. The maximum atomic E-state index is 4.60. The van der Waals surface area contributed by atoms with E-state index in [0.29, 0.717) is 5.54 Å². The summed E-state index contributed by atoms with van der Waals surface area (Å²) in [6.07, 6.45) is 11.7. The van der Waals surface area contributed by atoms with Crippen LogP contribution in [0.2, 0.25) is 0 Å². The maximum Gasteiger partial charge on any atom is 0.0607 e. The second-order valence-electron chi connectivity index (χ2n) is 3.64. The molecule has 0 amide bonds. The average molecular weight is 174 g/mol. The fourth-order valence-corrected chi connectivity index (χ4v) is 2.24. The molecule has 1 aliphatic carbocycles. The monoisotopic (exact) mass is 173 g/mol. The van der Waals surface area contributed by atoms with E-state index in [1.165, 1.54) is 44.9 Å². The van der Waals surface area contributed by atoms with E-state index in [-0.39, 0.29) is 12.4 Å². The molecule has 0 N–H and O–H groups in total. The Hall–Kier alpha value is -0.0400. The Kier molecular flexibility index (Phi) is 2.94. The lowest BCUT2D eigenvalue weighted by Gasteiger charge is -2.30. The molecule has 2 rings (SSSR count). The van der Waals surface area contributed by atoms with Crippen LogP contribution in [0.5, 0.6) is 0 Å². The maximum absolute atomic E-state index is 4.60. The van der Waals surface area contributed by atoms with Crippen molar-refractivity contribution in [3.8, 4) is 0 Å². The van der Waals surface area contributed by atoms with E-state index in [4.69, 9.17) is 0 Å². The largest absolute Gasteiger partial charge is 0.291 e. The molecule has 0 aromatic heterocycles. The summed E-state index contributed by atoms with van der Waals surface area (Å²) >= 11 is 0. The smallest absolute Gasteiger partial charge is 0.0607 e. The second-order valence-corrected chi connectivity index (χ2v) is 3.64. The van der Waals surface area contributed by atoms with Crippen molar-refractivity contribution in [1.29, 1.82) is 0 Å². The number of aliphatic imine (C=N–C) groups is 1. The van der Waals surface area contributed by atoms with Gasteiger partial charge in [0.05, 0.1) is 5.54 Å². The third-order valence-corrected chi connectivity index (χ3v) is 2.89. The molecule has 0 unspecified atom stereocenters. The molecule has 1 saturated carbocycles. The van der Waals surface area contributed by atoms with Crippen molar-refractivity contribution in [3.05, 3.63) is 0 Å². The molecule has 1 spiro atoms. The van der Waals surface area contributed by atoms with Gasteiger partial charge in [0.25, 0.3) is 0 Å². The molecule has 1 aliphatic heterocycles. The molecule has 64 valence electrons. The lowest BCUT2D eigenvalue weighted by molar-refractivity contribution is 0.299.